The number of amides is 1. The van der Waals surface area contributed by atoms with E-state index in [0.29, 0.717) is 5.76 Å². The molecule has 1 amide bonds. The maximum absolute atomic E-state index is 12.1. The Labute approximate surface area is 127 Å². The van der Waals surface area contributed by atoms with Crippen molar-refractivity contribution in [1.82, 2.24) is 10.2 Å². The van der Waals surface area contributed by atoms with E-state index >= 15 is 0 Å². The van der Waals surface area contributed by atoms with E-state index < -0.39 is 5.97 Å². The number of rotatable bonds is 6. The molecule has 1 aliphatic heterocycles. The van der Waals surface area contributed by atoms with Crippen LogP contribution in [-0.4, -0.2) is 52.5 Å². The Morgan fingerprint density at radius 1 is 1.62 bits per heavy atom. The predicted octanol–water partition coefficient (Wildman–Crippen LogP) is 1.35. The molecule has 1 aliphatic rings. The summed E-state index contributed by atoms with van der Waals surface area (Å²) < 4.78 is 5.25. The summed E-state index contributed by atoms with van der Waals surface area (Å²) in [6.07, 6.45) is 1.65. The topological polar surface area (TPSA) is 82.8 Å². The normalized spacial score (nSPS) is 20.9. The SMILES string of the molecule is CC(NC(=O)CN1CCSCC1CC(=O)O)c1ccco1. The van der Waals surface area contributed by atoms with Crippen molar-refractivity contribution >= 4 is 23.6 Å². The highest BCUT2D eigenvalue weighted by Crippen LogP contribution is 2.19. The summed E-state index contributed by atoms with van der Waals surface area (Å²) in [4.78, 5) is 24.9. The van der Waals surface area contributed by atoms with Crippen LogP contribution >= 0.6 is 11.8 Å². The summed E-state index contributed by atoms with van der Waals surface area (Å²) in [6.45, 7) is 2.83. The second-order valence-electron chi connectivity index (χ2n) is 5.10. The summed E-state index contributed by atoms with van der Waals surface area (Å²) in [7, 11) is 0. The molecule has 2 atom stereocenters. The van der Waals surface area contributed by atoms with E-state index in [1.54, 1.807) is 24.1 Å². The van der Waals surface area contributed by atoms with Crippen molar-refractivity contribution in [2.75, 3.05) is 24.6 Å². The maximum Gasteiger partial charge on any atom is 0.304 e. The number of thioether (sulfide) groups is 1. The van der Waals surface area contributed by atoms with Crippen molar-refractivity contribution in [1.29, 1.82) is 0 Å². The van der Waals surface area contributed by atoms with Crippen LogP contribution in [0.25, 0.3) is 0 Å². The largest absolute Gasteiger partial charge is 0.481 e. The Bertz CT molecular complexity index is 477. The molecule has 1 fully saturated rings. The van der Waals surface area contributed by atoms with Gasteiger partial charge in [0.1, 0.15) is 5.76 Å². The lowest BCUT2D eigenvalue weighted by molar-refractivity contribution is -0.138. The minimum absolute atomic E-state index is 0.0774. The molecule has 0 aliphatic carbocycles. The third-order valence-electron chi connectivity index (χ3n) is 3.45. The monoisotopic (exact) mass is 312 g/mol. The molecule has 0 aromatic carbocycles. The third-order valence-corrected chi connectivity index (χ3v) is 4.55. The highest BCUT2D eigenvalue weighted by molar-refractivity contribution is 7.99. The fourth-order valence-corrected chi connectivity index (χ4v) is 3.50. The van der Waals surface area contributed by atoms with Crippen molar-refractivity contribution in [3.05, 3.63) is 24.2 Å². The van der Waals surface area contributed by atoms with Crippen molar-refractivity contribution in [2.45, 2.75) is 25.4 Å². The number of aliphatic carboxylic acids is 1. The summed E-state index contributed by atoms with van der Waals surface area (Å²) in [6, 6.07) is 3.33. The number of furan rings is 1. The van der Waals surface area contributed by atoms with Crippen LogP contribution in [0.15, 0.2) is 22.8 Å². The van der Waals surface area contributed by atoms with Gasteiger partial charge in [-0.15, -0.1) is 0 Å². The van der Waals surface area contributed by atoms with Gasteiger partial charge in [-0.3, -0.25) is 14.5 Å². The van der Waals surface area contributed by atoms with Crippen LogP contribution < -0.4 is 5.32 Å². The quantitative estimate of drug-likeness (QED) is 0.825. The molecule has 2 heterocycles. The molecular formula is C14H20N2O4S. The summed E-state index contributed by atoms with van der Waals surface area (Å²) in [5.74, 6) is 1.46. The number of carbonyl (C=O) groups is 2. The number of carbonyl (C=O) groups excluding carboxylic acids is 1. The molecular weight excluding hydrogens is 292 g/mol. The van der Waals surface area contributed by atoms with Crippen LogP contribution in [0.2, 0.25) is 0 Å². The standard InChI is InChI=1S/C14H20N2O4S/c1-10(12-3-2-5-20-12)15-13(17)8-16-4-6-21-9-11(16)7-14(18)19/h2-3,5,10-11H,4,6-9H2,1H3,(H,15,17)(H,18,19). The van der Waals surface area contributed by atoms with Gasteiger partial charge in [-0.2, -0.15) is 11.8 Å². The van der Waals surface area contributed by atoms with Gasteiger partial charge in [-0.05, 0) is 19.1 Å². The van der Waals surface area contributed by atoms with Crippen LogP contribution in [0.3, 0.4) is 0 Å². The average Bonchev–Trinajstić information content (AvgIpc) is 2.94. The van der Waals surface area contributed by atoms with Gasteiger partial charge in [0.25, 0.3) is 0 Å². The number of hydrogen-bond donors (Lipinski definition) is 2. The van der Waals surface area contributed by atoms with Gasteiger partial charge < -0.3 is 14.8 Å². The first kappa shape index (κ1) is 15.9. The Morgan fingerprint density at radius 2 is 2.43 bits per heavy atom. The molecule has 2 N–H and O–H groups in total. The lowest BCUT2D eigenvalue weighted by Crippen LogP contribution is -2.48. The molecule has 2 unspecified atom stereocenters. The van der Waals surface area contributed by atoms with Gasteiger partial charge in [0.05, 0.1) is 25.3 Å². The molecule has 1 saturated heterocycles. The van der Waals surface area contributed by atoms with Crippen LogP contribution in [0.5, 0.6) is 0 Å². The number of carboxylic acid groups (broad SMARTS) is 1. The second kappa shape index (κ2) is 7.51. The second-order valence-corrected chi connectivity index (χ2v) is 6.25. The first-order chi connectivity index (χ1) is 10.1. The van der Waals surface area contributed by atoms with E-state index in [0.717, 1.165) is 18.1 Å². The Hall–Kier alpha value is -1.47. The molecule has 1 aromatic heterocycles. The van der Waals surface area contributed by atoms with E-state index in [4.69, 9.17) is 9.52 Å². The zero-order valence-corrected chi connectivity index (χ0v) is 12.8. The van der Waals surface area contributed by atoms with Crippen LogP contribution in [0.1, 0.15) is 25.1 Å². The Balaban J connectivity index is 1.86. The Morgan fingerprint density at radius 3 is 3.10 bits per heavy atom. The molecule has 116 valence electrons. The maximum atomic E-state index is 12.1. The first-order valence-corrected chi connectivity index (χ1v) is 8.08. The van der Waals surface area contributed by atoms with Gasteiger partial charge in [-0.1, -0.05) is 0 Å². The molecule has 7 heteroatoms. The van der Waals surface area contributed by atoms with Crippen molar-refractivity contribution in [3.63, 3.8) is 0 Å². The van der Waals surface area contributed by atoms with E-state index in [1.807, 2.05) is 17.9 Å². The first-order valence-electron chi connectivity index (χ1n) is 6.92. The number of nitrogens with zero attached hydrogens (tertiary/aromatic N) is 1. The predicted molar refractivity (Wildman–Crippen MR) is 80.2 cm³/mol. The highest BCUT2D eigenvalue weighted by atomic mass is 32.2. The van der Waals surface area contributed by atoms with Crippen molar-refractivity contribution in [3.8, 4) is 0 Å². The van der Waals surface area contributed by atoms with Gasteiger partial charge in [0.15, 0.2) is 0 Å². The minimum Gasteiger partial charge on any atom is -0.481 e. The van der Waals surface area contributed by atoms with Gasteiger partial charge in [0.2, 0.25) is 5.91 Å². The van der Waals surface area contributed by atoms with E-state index in [9.17, 15) is 9.59 Å². The Kier molecular flexibility index (Phi) is 5.69. The molecule has 0 bridgehead atoms. The zero-order valence-electron chi connectivity index (χ0n) is 11.9. The molecule has 21 heavy (non-hydrogen) atoms. The summed E-state index contributed by atoms with van der Waals surface area (Å²) in [5, 5.41) is 11.8. The summed E-state index contributed by atoms with van der Waals surface area (Å²) >= 11 is 1.74. The highest BCUT2D eigenvalue weighted by Gasteiger charge is 2.27. The zero-order chi connectivity index (χ0) is 15.2. The average molecular weight is 312 g/mol. The molecule has 0 saturated carbocycles. The fraction of sp³-hybridized carbons (Fsp3) is 0.571. The molecule has 2 rings (SSSR count). The van der Waals surface area contributed by atoms with E-state index in [1.165, 1.54) is 0 Å². The van der Waals surface area contributed by atoms with Crippen LogP contribution in [0, 0.1) is 0 Å². The van der Waals surface area contributed by atoms with Crippen molar-refractivity contribution < 1.29 is 19.1 Å². The molecule has 0 spiro atoms. The number of nitrogens with one attached hydrogen (secondary N) is 1. The minimum atomic E-state index is -0.822. The lowest BCUT2D eigenvalue weighted by atomic mass is 10.2. The summed E-state index contributed by atoms with van der Waals surface area (Å²) in [5.41, 5.74) is 0. The third kappa shape index (κ3) is 4.78. The van der Waals surface area contributed by atoms with E-state index in [2.05, 4.69) is 5.32 Å². The molecule has 6 nitrogen and oxygen atoms in total. The van der Waals surface area contributed by atoms with Gasteiger partial charge >= 0.3 is 5.97 Å². The van der Waals surface area contributed by atoms with Crippen LogP contribution in [-0.2, 0) is 9.59 Å². The fourth-order valence-electron chi connectivity index (χ4n) is 2.37. The van der Waals surface area contributed by atoms with Crippen LogP contribution in [0.4, 0.5) is 0 Å². The molecule has 1 aromatic rings. The van der Waals surface area contributed by atoms with Gasteiger partial charge in [-0.25, -0.2) is 0 Å². The van der Waals surface area contributed by atoms with E-state index in [-0.39, 0.29) is 31.0 Å². The lowest BCUT2D eigenvalue weighted by Gasteiger charge is -2.34. The number of carboxylic acids is 1. The van der Waals surface area contributed by atoms with Gasteiger partial charge in [0, 0.05) is 24.1 Å². The van der Waals surface area contributed by atoms with Crippen molar-refractivity contribution in [2.24, 2.45) is 0 Å². The smallest absolute Gasteiger partial charge is 0.304 e. The number of hydrogen-bond acceptors (Lipinski definition) is 5. The molecule has 0 radical (unpaired) electrons.